The highest BCUT2D eigenvalue weighted by Gasteiger charge is 2.20. The van der Waals surface area contributed by atoms with E-state index in [1.807, 2.05) is 0 Å². The zero-order valence-corrected chi connectivity index (χ0v) is 8.88. The maximum atomic E-state index is 11.6. The van der Waals surface area contributed by atoms with Crippen molar-refractivity contribution in [1.82, 2.24) is 4.90 Å². The van der Waals surface area contributed by atoms with Gasteiger partial charge in [-0.1, -0.05) is 0 Å². The topological polar surface area (TPSA) is 50.5 Å². The molecule has 1 aromatic heterocycles. The lowest BCUT2D eigenvalue weighted by molar-refractivity contribution is 0.0846. The Bertz CT molecular complexity index is 383. The molecule has 0 aliphatic heterocycles. The van der Waals surface area contributed by atoms with Crippen LogP contribution in [0.3, 0.4) is 0 Å². The summed E-state index contributed by atoms with van der Waals surface area (Å²) in [5.74, 6) is 0.651. The molecule has 0 fully saturated rings. The van der Waals surface area contributed by atoms with Crippen LogP contribution in [-0.2, 0) is 0 Å². The minimum absolute atomic E-state index is 0.360. The molecule has 0 aromatic carbocycles. The monoisotopic (exact) mass is 215 g/mol. The Balaban J connectivity index is 3.00. The number of hydrogen-bond acceptors (Lipinski definition) is 3. The zero-order valence-electron chi connectivity index (χ0n) is 8.13. The average Bonchev–Trinajstić information content (AvgIpc) is 2.42. The normalized spacial score (nSPS) is 10.0. The van der Waals surface area contributed by atoms with Gasteiger partial charge in [0.05, 0.1) is 5.56 Å². The molecule has 0 spiro atoms. The van der Waals surface area contributed by atoms with Gasteiger partial charge in [0, 0.05) is 7.05 Å². The van der Waals surface area contributed by atoms with Gasteiger partial charge in [0.1, 0.15) is 11.5 Å². The van der Waals surface area contributed by atoms with Crippen molar-refractivity contribution in [3.05, 3.63) is 23.2 Å². The fraction of sp³-hybridized carbons (Fsp3) is 0.333. The number of imide groups is 1. The maximum Gasteiger partial charge on any atom is 0.323 e. The number of rotatable bonds is 1. The SMILES string of the molecule is Cc1cc(C(=O)N(C)C(=O)Cl)c(C)o1. The number of amides is 2. The number of hydrogen-bond donors (Lipinski definition) is 0. The van der Waals surface area contributed by atoms with Gasteiger partial charge in [-0.25, -0.2) is 0 Å². The fourth-order valence-corrected chi connectivity index (χ4v) is 1.18. The van der Waals surface area contributed by atoms with Crippen molar-refractivity contribution in [2.24, 2.45) is 0 Å². The van der Waals surface area contributed by atoms with Crippen molar-refractivity contribution < 1.29 is 14.0 Å². The van der Waals surface area contributed by atoms with Crippen LogP contribution in [0, 0.1) is 13.8 Å². The first-order valence-corrected chi connectivity index (χ1v) is 4.36. The average molecular weight is 216 g/mol. The molecular formula is C9H10ClNO3. The first-order valence-electron chi connectivity index (χ1n) is 3.98. The number of carbonyl (C=O) groups excluding carboxylic acids is 2. The third-order valence-electron chi connectivity index (χ3n) is 1.84. The summed E-state index contributed by atoms with van der Waals surface area (Å²) < 4.78 is 5.16. The Hall–Kier alpha value is -1.29. The smallest absolute Gasteiger partial charge is 0.323 e. The standard InChI is InChI=1S/C9H10ClNO3/c1-5-4-7(6(2)14-5)8(12)11(3)9(10)13/h4H,1-3H3. The number of aryl methyl sites for hydroxylation is 2. The predicted molar refractivity (Wildman–Crippen MR) is 51.5 cm³/mol. The van der Waals surface area contributed by atoms with Gasteiger partial charge >= 0.3 is 5.37 Å². The van der Waals surface area contributed by atoms with E-state index in [0.29, 0.717) is 17.1 Å². The molecule has 0 aliphatic carbocycles. The van der Waals surface area contributed by atoms with E-state index in [9.17, 15) is 9.59 Å². The van der Waals surface area contributed by atoms with Crippen LogP contribution in [0.15, 0.2) is 10.5 Å². The molecule has 0 saturated carbocycles. The molecule has 0 bridgehead atoms. The Labute approximate surface area is 86.4 Å². The fourth-order valence-electron chi connectivity index (χ4n) is 1.10. The molecule has 76 valence electrons. The van der Waals surface area contributed by atoms with Crippen LogP contribution < -0.4 is 0 Å². The summed E-state index contributed by atoms with van der Waals surface area (Å²) >= 11 is 5.17. The molecule has 0 unspecified atom stereocenters. The van der Waals surface area contributed by atoms with Crippen LogP contribution in [-0.4, -0.2) is 23.2 Å². The van der Waals surface area contributed by atoms with E-state index in [0.717, 1.165) is 4.90 Å². The third kappa shape index (κ3) is 1.96. The lowest BCUT2D eigenvalue weighted by atomic mass is 10.2. The molecule has 0 aliphatic rings. The van der Waals surface area contributed by atoms with Gasteiger partial charge in [-0.3, -0.25) is 14.5 Å². The van der Waals surface area contributed by atoms with E-state index >= 15 is 0 Å². The second-order valence-electron chi connectivity index (χ2n) is 2.94. The molecule has 1 aromatic rings. The first-order chi connectivity index (χ1) is 6.43. The number of halogens is 1. The molecule has 4 nitrogen and oxygen atoms in total. The van der Waals surface area contributed by atoms with Gasteiger partial charge in [-0.05, 0) is 31.5 Å². The Morgan fingerprint density at radius 3 is 2.36 bits per heavy atom. The molecule has 0 radical (unpaired) electrons. The Morgan fingerprint density at radius 1 is 1.43 bits per heavy atom. The zero-order chi connectivity index (χ0) is 10.9. The van der Waals surface area contributed by atoms with E-state index < -0.39 is 11.3 Å². The largest absolute Gasteiger partial charge is 0.466 e. The summed E-state index contributed by atoms with van der Waals surface area (Å²) in [6, 6.07) is 1.58. The van der Waals surface area contributed by atoms with Crippen molar-refractivity contribution in [3.63, 3.8) is 0 Å². The summed E-state index contributed by atoms with van der Waals surface area (Å²) in [6.07, 6.45) is 0. The number of furan rings is 1. The second kappa shape index (κ2) is 3.84. The van der Waals surface area contributed by atoms with Crippen molar-refractivity contribution in [2.45, 2.75) is 13.8 Å². The van der Waals surface area contributed by atoms with E-state index in [2.05, 4.69) is 0 Å². The number of nitrogens with zero attached hydrogens (tertiary/aromatic N) is 1. The van der Waals surface area contributed by atoms with Crippen LogP contribution in [0.25, 0.3) is 0 Å². The van der Waals surface area contributed by atoms with Gasteiger partial charge < -0.3 is 4.42 Å². The third-order valence-corrected chi connectivity index (χ3v) is 2.09. The molecule has 5 heteroatoms. The maximum absolute atomic E-state index is 11.6. The number of carbonyl (C=O) groups is 2. The summed E-state index contributed by atoms with van der Waals surface area (Å²) in [6.45, 7) is 3.39. The van der Waals surface area contributed by atoms with Crippen LogP contribution in [0.5, 0.6) is 0 Å². The molecule has 0 N–H and O–H groups in total. The highest BCUT2D eigenvalue weighted by atomic mass is 35.5. The van der Waals surface area contributed by atoms with Gasteiger partial charge in [0.25, 0.3) is 5.91 Å². The van der Waals surface area contributed by atoms with E-state index in [-0.39, 0.29) is 0 Å². The molecule has 1 rings (SSSR count). The van der Waals surface area contributed by atoms with Crippen molar-refractivity contribution >= 4 is 22.9 Å². The molecular weight excluding hydrogens is 206 g/mol. The summed E-state index contributed by atoms with van der Waals surface area (Å²) in [7, 11) is 1.32. The van der Waals surface area contributed by atoms with E-state index in [4.69, 9.17) is 16.0 Å². The predicted octanol–water partition coefficient (Wildman–Crippen LogP) is 2.33. The van der Waals surface area contributed by atoms with Crippen LogP contribution >= 0.6 is 11.6 Å². The lowest BCUT2D eigenvalue weighted by Crippen LogP contribution is -2.28. The molecule has 1 heterocycles. The van der Waals surface area contributed by atoms with Gasteiger partial charge in [0.15, 0.2) is 0 Å². The molecule has 0 atom stereocenters. The minimum Gasteiger partial charge on any atom is -0.466 e. The summed E-state index contributed by atoms with van der Waals surface area (Å²) in [5, 5.41) is -0.812. The van der Waals surface area contributed by atoms with Gasteiger partial charge in [-0.15, -0.1) is 0 Å². The first kappa shape index (κ1) is 10.8. The van der Waals surface area contributed by atoms with Crippen molar-refractivity contribution in [2.75, 3.05) is 7.05 Å². The van der Waals surface area contributed by atoms with Gasteiger partial charge in [0.2, 0.25) is 0 Å². The van der Waals surface area contributed by atoms with E-state index in [1.165, 1.54) is 7.05 Å². The summed E-state index contributed by atoms with van der Waals surface area (Å²) in [4.78, 5) is 23.1. The highest BCUT2D eigenvalue weighted by Crippen LogP contribution is 2.15. The van der Waals surface area contributed by atoms with Gasteiger partial charge in [-0.2, -0.15) is 0 Å². The molecule has 2 amide bonds. The quantitative estimate of drug-likeness (QED) is 0.534. The lowest BCUT2D eigenvalue weighted by Gasteiger charge is -2.09. The van der Waals surface area contributed by atoms with Crippen LogP contribution in [0.2, 0.25) is 0 Å². The Morgan fingerprint density at radius 2 is 2.00 bits per heavy atom. The van der Waals surface area contributed by atoms with Crippen molar-refractivity contribution in [1.29, 1.82) is 0 Å². The molecule has 0 saturated heterocycles. The second-order valence-corrected chi connectivity index (χ2v) is 3.27. The Kier molecular flexibility index (Phi) is 2.96. The van der Waals surface area contributed by atoms with Crippen LogP contribution in [0.4, 0.5) is 4.79 Å². The highest BCUT2D eigenvalue weighted by molar-refractivity contribution is 6.64. The molecule has 14 heavy (non-hydrogen) atoms. The summed E-state index contributed by atoms with van der Waals surface area (Å²) in [5.41, 5.74) is 0.360. The minimum atomic E-state index is -0.812. The van der Waals surface area contributed by atoms with Crippen molar-refractivity contribution in [3.8, 4) is 0 Å². The van der Waals surface area contributed by atoms with E-state index in [1.54, 1.807) is 19.9 Å². The van der Waals surface area contributed by atoms with Crippen LogP contribution in [0.1, 0.15) is 21.9 Å².